The number of carbonyl (C=O) groups excluding carboxylic acids is 1. The highest BCUT2D eigenvalue weighted by atomic mass is 16.3. The van der Waals surface area contributed by atoms with E-state index in [9.17, 15) is 15.0 Å². The average Bonchev–Trinajstić information content (AvgIpc) is 2.40. The number of amides is 1. The van der Waals surface area contributed by atoms with E-state index in [1.807, 2.05) is 0 Å². The summed E-state index contributed by atoms with van der Waals surface area (Å²) in [5.74, 6) is -1.19. The monoisotopic (exact) mass is 267 g/mol. The maximum atomic E-state index is 12.0. The molecular formula is C13H21N3O3. The first kappa shape index (κ1) is 15.3. The molecule has 1 amide bonds. The topological polar surface area (TPSA) is 122 Å². The molecular weight excluding hydrogens is 246 g/mol. The van der Waals surface area contributed by atoms with Gasteiger partial charge in [-0.25, -0.2) is 0 Å². The van der Waals surface area contributed by atoms with E-state index in [1.54, 1.807) is 0 Å². The zero-order valence-electron chi connectivity index (χ0n) is 10.8. The summed E-state index contributed by atoms with van der Waals surface area (Å²) < 4.78 is 0. The smallest absolute Gasteiger partial charge is 0.255 e. The summed E-state index contributed by atoms with van der Waals surface area (Å²) in [6.45, 7) is 0.925. The third kappa shape index (κ3) is 4.42. The molecule has 0 radical (unpaired) electrons. The SMILES string of the molecule is NCCCC[C@H](CN)NC(=O)c1cccc(O)c1O. The summed E-state index contributed by atoms with van der Waals surface area (Å²) in [6, 6.07) is 4.09. The normalized spacial score (nSPS) is 12.1. The van der Waals surface area contributed by atoms with Gasteiger partial charge in [0.25, 0.3) is 5.91 Å². The number of aromatic hydroxyl groups is 2. The maximum Gasteiger partial charge on any atom is 0.255 e. The van der Waals surface area contributed by atoms with E-state index in [0.717, 1.165) is 19.3 Å². The number of para-hydroxylation sites is 1. The number of carbonyl (C=O) groups is 1. The molecule has 0 aliphatic rings. The Kier molecular flexibility index (Phi) is 6.11. The van der Waals surface area contributed by atoms with Crippen molar-refractivity contribution >= 4 is 5.91 Å². The predicted molar refractivity (Wildman–Crippen MR) is 73.0 cm³/mol. The Hall–Kier alpha value is -1.79. The average molecular weight is 267 g/mol. The van der Waals surface area contributed by atoms with Crippen molar-refractivity contribution in [1.82, 2.24) is 5.32 Å². The van der Waals surface area contributed by atoms with Crippen LogP contribution in [-0.4, -0.2) is 35.3 Å². The van der Waals surface area contributed by atoms with Gasteiger partial charge in [0.05, 0.1) is 5.56 Å². The number of phenolic OH excluding ortho intramolecular Hbond substituents is 2. The number of nitrogens with two attached hydrogens (primary N) is 2. The largest absolute Gasteiger partial charge is 0.504 e. The van der Waals surface area contributed by atoms with Gasteiger partial charge in [-0.2, -0.15) is 0 Å². The number of nitrogens with one attached hydrogen (secondary N) is 1. The van der Waals surface area contributed by atoms with Crippen molar-refractivity contribution in [3.63, 3.8) is 0 Å². The Morgan fingerprint density at radius 2 is 2.00 bits per heavy atom. The lowest BCUT2D eigenvalue weighted by atomic mass is 10.1. The standard InChI is InChI=1S/C13H21N3O3/c14-7-2-1-4-9(8-15)16-13(19)10-5-3-6-11(17)12(10)18/h3,5-6,9,17-18H,1-2,4,7-8,14-15H2,(H,16,19)/t9-/m1/s1. The van der Waals surface area contributed by atoms with Gasteiger partial charge >= 0.3 is 0 Å². The Morgan fingerprint density at radius 3 is 2.63 bits per heavy atom. The minimum absolute atomic E-state index is 0.0391. The van der Waals surface area contributed by atoms with Gasteiger partial charge in [-0.05, 0) is 31.5 Å². The Bertz CT molecular complexity index is 424. The van der Waals surface area contributed by atoms with Crippen LogP contribution in [0.25, 0.3) is 0 Å². The number of phenols is 2. The van der Waals surface area contributed by atoms with Crippen molar-refractivity contribution in [2.75, 3.05) is 13.1 Å². The molecule has 1 atom stereocenters. The molecule has 0 saturated heterocycles. The van der Waals surface area contributed by atoms with Crippen LogP contribution in [0.2, 0.25) is 0 Å². The number of unbranched alkanes of at least 4 members (excludes halogenated alkanes) is 1. The first-order valence-electron chi connectivity index (χ1n) is 6.32. The van der Waals surface area contributed by atoms with Crippen LogP contribution in [0, 0.1) is 0 Å². The zero-order chi connectivity index (χ0) is 14.3. The first-order valence-corrected chi connectivity index (χ1v) is 6.32. The van der Waals surface area contributed by atoms with Gasteiger partial charge < -0.3 is 27.0 Å². The van der Waals surface area contributed by atoms with Crippen molar-refractivity contribution in [1.29, 1.82) is 0 Å². The second-order valence-electron chi connectivity index (χ2n) is 4.36. The molecule has 6 heteroatoms. The molecule has 0 unspecified atom stereocenters. The fourth-order valence-electron chi connectivity index (χ4n) is 1.76. The van der Waals surface area contributed by atoms with Crippen molar-refractivity contribution in [3.8, 4) is 11.5 Å². The van der Waals surface area contributed by atoms with Gasteiger partial charge in [0.1, 0.15) is 0 Å². The molecule has 0 bridgehead atoms. The molecule has 106 valence electrons. The molecule has 0 fully saturated rings. The van der Waals surface area contributed by atoms with E-state index in [4.69, 9.17) is 11.5 Å². The molecule has 1 aromatic rings. The maximum absolute atomic E-state index is 12.0. The summed E-state index contributed by atoms with van der Waals surface area (Å²) in [5.41, 5.74) is 11.0. The van der Waals surface area contributed by atoms with Crippen LogP contribution < -0.4 is 16.8 Å². The molecule has 0 spiro atoms. The summed E-state index contributed by atoms with van der Waals surface area (Å²) >= 11 is 0. The molecule has 0 aliphatic carbocycles. The third-order valence-corrected chi connectivity index (χ3v) is 2.89. The predicted octanol–water partition coefficient (Wildman–Crippen LogP) is 0.284. The molecule has 1 aromatic carbocycles. The highest BCUT2D eigenvalue weighted by molar-refractivity contribution is 5.97. The molecule has 0 heterocycles. The molecule has 1 rings (SSSR count). The Morgan fingerprint density at radius 1 is 1.26 bits per heavy atom. The molecule has 7 N–H and O–H groups in total. The lowest BCUT2D eigenvalue weighted by Crippen LogP contribution is -2.40. The minimum atomic E-state index is -0.448. The van der Waals surface area contributed by atoms with Gasteiger partial charge in [0, 0.05) is 12.6 Å². The van der Waals surface area contributed by atoms with Gasteiger partial charge in [0.15, 0.2) is 11.5 Å². The van der Waals surface area contributed by atoms with Crippen LogP contribution in [-0.2, 0) is 0 Å². The van der Waals surface area contributed by atoms with E-state index in [-0.39, 0.29) is 17.4 Å². The fourth-order valence-corrected chi connectivity index (χ4v) is 1.76. The number of benzene rings is 1. The summed E-state index contributed by atoms with van der Waals surface area (Å²) in [6.07, 6.45) is 2.49. The number of hydrogen-bond acceptors (Lipinski definition) is 5. The van der Waals surface area contributed by atoms with Crippen LogP contribution in [0.4, 0.5) is 0 Å². The van der Waals surface area contributed by atoms with Gasteiger partial charge in [-0.3, -0.25) is 4.79 Å². The highest BCUT2D eigenvalue weighted by Gasteiger charge is 2.17. The van der Waals surface area contributed by atoms with Crippen LogP contribution in [0.1, 0.15) is 29.6 Å². The number of rotatable bonds is 7. The van der Waals surface area contributed by atoms with Crippen molar-refractivity contribution in [2.45, 2.75) is 25.3 Å². The quantitative estimate of drug-likeness (QED) is 0.359. The second-order valence-corrected chi connectivity index (χ2v) is 4.36. The van der Waals surface area contributed by atoms with E-state index in [0.29, 0.717) is 13.1 Å². The van der Waals surface area contributed by atoms with Crippen LogP contribution in [0.5, 0.6) is 11.5 Å². The first-order chi connectivity index (χ1) is 9.10. The lowest BCUT2D eigenvalue weighted by molar-refractivity contribution is 0.0932. The van der Waals surface area contributed by atoms with E-state index in [1.165, 1.54) is 18.2 Å². The van der Waals surface area contributed by atoms with Crippen LogP contribution >= 0.6 is 0 Å². The summed E-state index contributed by atoms with van der Waals surface area (Å²) in [5, 5.41) is 21.7. The minimum Gasteiger partial charge on any atom is -0.504 e. The summed E-state index contributed by atoms with van der Waals surface area (Å²) in [7, 11) is 0. The number of hydrogen-bond donors (Lipinski definition) is 5. The van der Waals surface area contributed by atoms with Crippen molar-refractivity contribution in [3.05, 3.63) is 23.8 Å². The molecule has 0 aliphatic heterocycles. The van der Waals surface area contributed by atoms with E-state index < -0.39 is 11.7 Å². The highest BCUT2D eigenvalue weighted by Crippen LogP contribution is 2.28. The van der Waals surface area contributed by atoms with E-state index in [2.05, 4.69) is 5.32 Å². The third-order valence-electron chi connectivity index (χ3n) is 2.89. The lowest BCUT2D eigenvalue weighted by Gasteiger charge is -2.17. The van der Waals surface area contributed by atoms with Gasteiger partial charge in [-0.15, -0.1) is 0 Å². The zero-order valence-corrected chi connectivity index (χ0v) is 10.8. The van der Waals surface area contributed by atoms with Crippen LogP contribution in [0.3, 0.4) is 0 Å². The molecule has 0 saturated carbocycles. The van der Waals surface area contributed by atoms with Crippen molar-refractivity contribution in [2.24, 2.45) is 11.5 Å². The molecule has 19 heavy (non-hydrogen) atoms. The van der Waals surface area contributed by atoms with E-state index >= 15 is 0 Å². The van der Waals surface area contributed by atoms with Gasteiger partial charge in [-0.1, -0.05) is 12.5 Å². The fraction of sp³-hybridized carbons (Fsp3) is 0.462. The summed E-state index contributed by atoms with van der Waals surface area (Å²) in [4.78, 5) is 12.0. The van der Waals surface area contributed by atoms with Gasteiger partial charge in [0.2, 0.25) is 0 Å². The Balaban J connectivity index is 2.64. The molecule has 0 aromatic heterocycles. The Labute approximate surface area is 112 Å². The van der Waals surface area contributed by atoms with Crippen LogP contribution in [0.15, 0.2) is 18.2 Å². The second kappa shape index (κ2) is 7.60. The van der Waals surface area contributed by atoms with Crippen molar-refractivity contribution < 1.29 is 15.0 Å². The molecule has 6 nitrogen and oxygen atoms in total.